The SMILES string of the molecule is CCCN(c1ccc(C(CC)CC(=O)OC)cc1N)C1CCOCC1. The maximum Gasteiger partial charge on any atom is 0.306 e. The van der Waals surface area contributed by atoms with Gasteiger partial charge in [-0.15, -0.1) is 0 Å². The molecule has 0 amide bonds. The summed E-state index contributed by atoms with van der Waals surface area (Å²) >= 11 is 0. The molecule has 2 rings (SSSR count). The highest BCUT2D eigenvalue weighted by atomic mass is 16.5. The second-order valence-corrected chi connectivity index (χ2v) is 6.74. The Morgan fingerprint density at radius 3 is 2.64 bits per heavy atom. The van der Waals surface area contributed by atoms with Crippen LogP contribution in [0.15, 0.2) is 18.2 Å². The third-order valence-electron chi connectivity index (χ3n) is 5.06. The Kier molecular flexibility index (Phi) is 7.56. The Bertz CT molecular complexity index is 556. The van der Waals surface area contributed by atoms with E-state index >= 15 is 0 Å². The second-order valence-electron chi connectivity index (χ2n) is 6.74. The summed E-state index contributed by atoms with van der Waals surface area (Å²) in [5.74, 6) is -0.0316. The molecule has 5 heteroatoms. The van der Waals surface area contributed by atoms with Crippen LogP contribution in [0.5, 0.6) is 0 Å². The van der Waals surface area contributed by atoms with E-state index in [-0.39, 0.29) is 11.9 Å². The van der Waals surface area contributed by atoms with Crippen LogP contribution in [0.4, 0.5) is 11.4 Å². The van der Waals surface area contributed by atoms with Crippen LogP contribution in [0.3, 0.4) is 0 Å². The lowest BCUT2D eigenvalue weighted by Crippen LogP contribution is -2.40. The second kappa shape index (κ2) is 9.66. The van der Waals surface area contributed by atoms with E-state index in [1.807, 2.05) is 6.07 Å². The predicted molar refractivity (Wildman–Crippen MR) is 102 cm³/mol. The van der Waals surface area contributed by atoms with Crippen LogP contribution in [0.1, 0.15) is 57.4 Å². The molecule has 0 bridgehead atoms. The Morgan fingerprint density at radius 1 is 1.36 bits per heavy atom. The van der Waals surface area contributed by atoms with Crippen molar-refractivity contribution in [1.82, 2.24) is 0 Å². The minimum Gasteiger partial charge on any atom is -0.469 e. The molecule has 1 atom stereocenters. The molecular weight excluding hydrogens is 316 g/mol. The average molecular weight is 348 g/mol. The molecule has 0 aliphatic carbocycles. The summed E-state index contributed by atoms with van der Waals surface area (Å²) in [5, 5.41) is 0. The number of rotatable bonds is 8. The summed E-state index contributed by atoms with van der Waals surface area (Å²) in [7, 11) is 1.43. The van der Waals surface area contributed by atoms with Gasteiger partial charge < -0.3 is 20.1 Å². The molecule has 0 spiro atoms. The van der Waals surface area contributed by atoms with E-state index in [1.54, 1.807) is 0 Å². The zero-order chi connectivity index (χ0) is 18.2. The largest absolute Gasteiger partial charge is 0.469 e. The highest BCUT2D eigenvalue weighted by molar-refractivity contribution is 5.72. The number of hydrogen-bond acceptors (Lipinski definition) is 5. The molecule has 140 valence electrons. The summed E-state index contributed by atoms with van der Waals surface area (Å²) in [6, 6.07) is 6.76. The first-order chi connectivity index (χ1) is 12.1. The van der Waals surface area contributed by atoms with Gasteiger partial charge in [-0.25, -0.2) is 0 Å². The molecule has 0 saturated carbocycles. The van der Waals surface area contributed by atoms with Gasteiger partial charge in [-0.1, -0.05) is 19.9 Å². The quantitative estimate of drug-likeness (QED) is 0.573. The first kappa shape index (κ1) is 19.6. The maximum absolute atomic E-state index is 11.6. The van der Waals surface area contributed by atoms with Crippen molar-refractivity contribution in [3.63, 3.8) is 0 Å². The Labute approximate surface area is 151 Å². The van der Waals surface area contributed by atoms with E-state index in [9.17, 15) is 4.79 Å². The molecule has 1 aromatic rings. The summed E-state index contributed by atoms with van der Waals surface area (Å²) < 4.78 is 10.3. The van der Waals surface area contributed by atoms with Crippen LogP contribution < -0.4 is 10.6 Å². The molecule has 5 nitrogen and oxygen atoms in total. The number of hydrogen-bond donors (Lipinski definition) is 1. The summed E-state index contributed by atoms with van der Waals surface area (Å²) in [6.45, 7) is 6.91. The van der Waals surface area contributed by atoms with Gasteiger partial charge in [0.15, 0.2) is 0 Å². The molecular formula is C20H32N2O3. The minimum absolute atomic E-state index is 0.145. The molecule has 0 aromatic heterocycles. The lowest BCUT2D eigenvalue weighted by Gasteiger charge is -2.37. The first-order valence-corrected chi connectivity index (χ1v) is 9.41. The predicted octanol–water partition coefficient (Wildman–Crippen LogP) is 3.72. The van der Waals surface area contributed by atoms with E-state index in [1.165, 1.54) is 7.11 Å². The summed E-state index contributed by atoms with van der Waals surface area (Å²) in [6.07, 6.45) is 4.44. The van der Waals surface area contributed by atoms with Gasteiger partial charge in [-0.05, 0) is 49.3 Å². The molecule has 1 unspecified atom stereocenters. The van der Waals surface area contributed by atoms with Gasteiger partial charge in [0.1, 0.15) is 0 Å². The fourth-order valence-electron chi connectivity index (χ4n) is 3.61. The average Bonchev–Trinajstić information content (AvgIpc) is 2.65. The fraction of sp³-hybridized carbons (Fsp3) is 0.650. The Morgan fingerprint density at radius 2 is 2.08 bits per heavy atom. The van der Waals surface area contributed by atoms with Crippen molar-refractivity contribution in [2.45, 2.75) is 57.9 Å². The molecule has 1 saturated heterocycles. The number of carbonyl (C=O) groups excluding carboxylic acids is 1. The Hall–Kier alpha value is -1.75. The zero-order valence-electron chi connectivity index (χ0n) is 15.8. The standard InChI is InChI=1S/C20H32N2O3/c1-4-10-22(17-8-11-25-12-9-17)19-7-6-16(13-18(19)21)15(5-2)14-20(23)24-3/h6-7,13,15,17H,4-5,8-12,14,21H2,1-3H3. The normalized spacial score (nSPS) is 16.4. The van der Waals surface area contributed by atoms with Crippen LogP contribution in [-0.4, -0.2) is 38.9 Å². The molecule has 1 aliphatic heterocycles. The number of nitrogen functional groups attached to an aromatic ring is 1. The van der Waals surface area contributed by atoms with Gasteiger partial charge in [-0.2, -0.15) is 0 Å². The summed E-state index contributed by atoms with van der Waals surface area (Å²) in [4.78, 5) is 14.1. The van der Waals surface area contributed by atoms with Gasteiger partial charge in [0.2, 0.25) is 0 Å². The molecule has 1 aromatic carbocycles. The minimum atomic E-state index is -0.177. The number of methoxy groups -OCH3 is 1. The molecule has 1 fully saturated rings. The molecule has 1 aliphatic rings. The lowest BCUT2D eigenvalue weighted by molar-refractivity contribution is -0.141. The lowest BCUT2D eigenvalue weighted by atomic mass is 9.92. The van der Waals surface area contributed by atoms with Crippen molar-refractivity contribution < 1.29 is 14.3 Å². The highest BCUT2D eigenvalue weighted by Crippen LogP contribution is 2.33. The van der Waals surface area contributed by atoms with E-state index in [2.05, 4.69) is 30.9 Å². The van der Waals surface area contributed by atoms with Gasteiger partial charge >= 0.3 is 5.97 Å². The van der Waals surface area contributed by atoms with E-state index in [0.29, 0.717) is 12.5 Å². The van der Waals surface area contributed by atoms with Crippen molar-refractivity contribution >= 4 is 17.3 Å². The highest BCUT2D eigenvalue weighted by Gasteiger charge is 2.23. The molecule has 2 N–H and O–H groups in total. The van der Waals surface area contributed by atoms with Crippen molar-refractivity contribution in [1.29, 1.82) is 0 Å². The monoisotopic (exact) mass is 348 g/mol. The van der Waals surface area contributed by atoms with E-state index in [4.69, 9.17) is 15.2 Å². The zero-order valence-corrected chi connectivity index (χ0v) is 15.8. The number of anilines is 2. The topological polar surface area (TPSA) is 64.8 Å². The van der Waals surface area contributed by atoms with Crippen LogP contribution in [0, 0.1) is 0 Å². The van der Waals surface area contributed by atoms with Crippen molar-refractivity contribution in [3.05, 3.63) is 23.8 Å². The number of esters is 1. The van der Waals surface area contributed by atoms with Crippen molar-refractivity contribution in [2.24, 2.45) is 0 Å². The number of carbonyl (C=O) groups is 1. The van der Waals surface area contributed by atoms with Crippen LogP contribution in [-0.2, 0) is 14.3 Å². The van der Waals surface area contributed by atoms with Gasteiger partial charge in [0, 0.05) is 25.8 Å². The number of benzene rings is 1. The van der Waals surface area contributed by atoms with Gasteiger partial charge in [-0.3, -0.25) is 4.79 Å². The van der Waals surface area contributed by atoms with E-state index in [0.717, 1.165) is 62.4 Å². The van der Waals surface area contributed by atoms with E-state index < -0.39 is 0 Å². The smallest absolute Gasteiger partial charge is 0.306 e. The van der Waals surface area contributed by atoms with Crippen molar-refractivity contribution in [3.8, 4) is 0 Å². The molecule has 1 heterocycles. The third kappa shape index (κ3) is 5.11. The van der Waals surface area contributed by atoms with Gasteiger partial charge in [0.05, 0.1) is 24.9 Å². The number of ether oxygens (including phenoxy) is 2. The maximum atomic E-state index is 11.6. The van der Waals surface area contributed by atoms with Crippen molar-refractivity contribution in [2.75, 3.05) is 37.5 Å². The Balaban J connectivity index is 2.21. The number of nitrogens with zero attached hydrogens (tertiary/aromatic N) is 1. The summed E-state index contributed by atoms with van der Waals surface area (Å²) in [5.41, 5.74) is 9.43. The molecule has 0 radical (unpaired) electrons. The molecule has 25 heavy (non-hydrogen) atoms. The first-order valence-electron chi connectivity index (χ1n) is 9.41. The van der Waals surface area contributed by atoms with Crippen LogP contribution in [0.2, 0.25) is 0 Å². The van der Waals surface area contributed by atoms with Crippen LogP contribution >= 0.6 is 0 Å². The number of nitrogens with two attached hydrogens (primary N) is 1. The van der Waals surface area contributed by atoms with Crippen LogP contribution in [0.25, 0.3) is 0 Å². The van der Waals surface area contributed by atoms with Gasteiger partial charge in [0.25, 0.3) is 0 Å². The fourth-order valence-corrected chi connectivity index (χ4v) is 3.61. The third-order valence-corrected chi connectivity index (χ3v) is 5.06.